The molecule has 0 fully saturated rings. The van der Waals surface area contributed by atoms with E-state index in [4.69, 9.17) is 0 Å². The molecule has 2 aromatic carbocycles. The first-order chi connectivity index (χ1) is 12.0. The quantitative estimate of drug-likeness (QED) is 0.713. The van der Waals surface area contributed by atoms with Crippen molar-refractivity contribution in [3.8, 4) is 0 Å². The average molecular weight is 399 g/mol. The second kappa shape index (κ2) is 7.23. The Morgan fingerprint density at radius 1 is 1.16 bits per heavy atom. The molecule has 0 unspecified atom stereocenters. The van der Waals surface area contributed by atoms with Crippen LogP contribution in [-0.4, -0.2) is 22.3 Å². The molecule has 5 heteroatoms. The number of hydrogen-bond donors (Lipinski definition) is 1. The van der Waals surface area contributed by atoms with Crippen LogP contribution in [0.1, 0.15) is 28.4 Å². The van der Waals surface area contributed by atoms with E-state index in [1.54, 1.807) is 11.0 Å². The monoisotopic (exact) mass is 398 g/mol. The summed E-state index contributed by atoms with van der Waals surface area (Å²) >= 11 is 3.42. The number of aryl methyl sites for hydroxylation is 1. The van der Waals surface area contributed by atoms with Crippen LogP contribution in [0.5, 0.6) is 0 Å². The molecule has 0 aliphatic rings. The molecule has 0 aliphatic carbocycles. The average Bonchev–Trinajstić information content (AvgIpc) is 2.60. The Hall–Kier alpha value is -2.40. The fourth-order valence-corrected chi connectivity index (χ4v) is 3.28. The smallest absolute Gasteiger partial charge is 0.255 e. The summed E-state index contributed by atoms with van der Waals surface area (Å²) in [6.45, 7) is 4.72. The van der Waals surface area contributed by atoms with Crippen molar-refractivity contribution < 1.29 is 4.79 Å². The number of nitrogens with zero attached hydrogens (tertiary/aromatic N) is 1. The fraction of sp³-hybridized carbons (Fsp3) is 0.200. The predicted molar refractivity (Wildman–Crippen MR) is 104 cm³/mol. The minimum atomic E-state index is -0.158. The Morgan fingerprint density at radius 2 is 1.92 bits per heavy atom. The van der Waals surface area contributed by atoms with Gasteiger partial charge in [0.2, 0.25) is 0 Å². The molecule has 0 spiro atoms. The third-order valence-corrected chi connectivity index (χ3v) is 4.90. The highest BCUT2D eigenvalue weighted by molar-refractivity contribution is 9.10. The number of amides is 1. The van der Waals surface area contributed by atoms with Crippen molar-refractivity contribution in [1.29, 1.82) is 0 Å². The normalized spacial score (nSPS) is 10.8. The second-order valence-corrected chi connectivity index (χ2v) is 6.87. The number of H-pyrrole nitrogens is 1. The standard InChI is InChI=1S/C20H19BrN2O2/c1-3-23(20(25)16-6-4-5-7-17(16)21)12-15-11-14-10-13(2)8-9-18(14)22-19(15)24/h4-11H,3,12H2,1-2H3,(H,22,24). The number of aromatic amines is 1. The van der Waals surface area contributed by atoms with Crippen LogP contribution in [0.4, 0.5) is 0 Å². The van der Waals surface area contributed by atoms with Gasteiger partial charge in [0, 0.05) is 22.1 Å². The number of carbonyl (C=O) groups excluding carboxylic acids is 1. The molecular formula is C20H19BrN2O2. The Kier molecular flexibility index (Phi) is 5.04. The number of hydrogen-bond acceptors (Lipinski definition) is 2. The topological polar surface area (TPSA) is 53.2 Å². The van der Waals surface area contributed by atoms with Gasteiger partial charge < -0.3 is 9.88 Å². The molecule has 1 aromatic heterocycles. The van der Waals surface area contributed by atoms with Crippen molar-refractivity contribution in [1.82, 2.24) is 9.88 Å². The van der Waals surface area contributed by atoms with E-state index in [0.29, 0.717) is 17.7 Å². The van der Waals surface area contributed by atoms with Crippen molar-refractivity contribution in [2.45, 2.75) is 20.4 Å². The van der Waals surface area contributed by atoms with Gasteiger partial charge in [-0.05, 0) is 65.5 Å². The van der Waals surface area contributed by atoms with Crippen LogP contribution in [0.2, 0.25) is 0 Å². The van der Waals surface area contributed by atoms with Gasteiger partial charge in [-0.25, -0.2) is 0 Å². The number of benzene rings is 2. The molecular weight excluding hydrogens is 380 g/mol. The van der Waals surface area contributed by atoms with Gasteiger partial charge >= 0.3 is 0 Å². The maximum Gasteiger partial charge on any atom is 0.255 e. The molecule has 0 radical (unpaired) electrons. The Balaban J connectivity index is 1.95. The van der Waals surface area contributed by atoms with Crippen molar-refractivity contribution in [3.63, 3.8) is 0 Å². The highest BCUT2D eigenvalue weighted by Gasteiger charge is 2.18. The van der Waals surface area contributed by atoms with Crippen LogP contribution in [-0.2, 0) is 6.54 Å². The molecule has 0 aliphatic heterocycles. The number of fused-ring (bicyclic) bond motifs is 1. The number of nitrogens with one attached hydrogen (secondary N) is 1. The first kappa shape index (κ1) is 17.4. The van der Waals surface area contributed by atoms with Crippen LogP contribution in [0.3, 0.4) is 0 Å². The van der Waals surface area contributed by atoms with Gasteiger partial charge in [0.05, 0.1) is 12.1 Å². The third-order valence-electron chi connectivity index (χ3n) is 4.21. The predicted octanol–water partition coefficient (Wildman–Crippen LogP) is 4.26. The van der Waals surface area contributed by atoms with Gasteiger partial charge in [0.25, 0.3) is 11.5 Å². The summed E-state index contributed by atoms with van der Waals surface area (Å²) in [7, 11) is 0. The Morgan fingerprint density at radius 3 is 2.64 bits per heavy atom. The number of aromatic nitrogens is 1. The van der Waals surface area contributed by atoms with Crippen molar-refractivity contribution in [3.05, 3.63) is 80.0 Å². The van der Waals surface area contributed by atoms with Crippen LogP contribution in [0.15, 0.2) is 57.8 Å². The van der Waals surface area contributed by atoms with E-state index in [1.165, 1.54) is 0 Å². The van der Waals surface area contributed by atoms with E-state index < -0.39 is 0 Å². The number of rotatable bonds is 4. The molecule has 1 amide bonds. The maximum atomic E-state index is 12.8. The van der Waals surface area contributed by atoms with E-state index in [0.717, 1.165) is 20.9 Å². The zero-order chi connectivity index (χ0) is 18.0. The highest BCUT2D eigenvalue weighted by Crippen LogP contribution is 2.19. The number of halogens is 1. The molecule has 3 rings (SSSR count). The van der Waals surface area contributed by atoms with Crippen molar-refractivity contribution in [2.75, 3.05) is 6.54 Å². The first-order valence-corrected chi connectivity index (χ1v) is 8.95. The SMILES string of the molecule is CCN(Cc1cc2cc(C)ccc2[nH]c1=O)C(=O)c1ccccc1Br. The Bertz CT molecular complexity index is 994. The summed E-state index contributed by atoms with van der Waals surface area (Å²) in [6, 6.07) is 15.1. The van der Waals surface area contributed by atoms with Gasteiger partial charge in [-0.1, -0.05) is 23.8 Å². The van der Waals surface area contributed by atoms with E-state index in [-0.39, 0.29) is 18.0 Å². The summed E-state index contributed by atoms with van der Waals surface area (Å²) in [5.41, 5.74) is 2.95. The van der Waals surface area contributed by atoms with Crippen LogP contribution >= 0.6 is 15.9 Å². The van der Waals surface area contributed by atoms with Gasteiger partial charge in [-0.2, -0.15) is 0 Å². The molecule has 25 heavy (non-hydrogen) atoms. The third kappa shape index (κ3) is 3.66. The first-order valence-electron chi connectivity index (χ1n) is 8.16. The molecule has 0 atom stereocenters. The molecule has 0 bridgehead atoms. The largest absolute Gasteiger partial charge is 0.334 e. The summed E-state index contributed by atoms with van der Waals surface area (Å²) in [4.78, 5) is 29.8. The minimum absolute atomic E-state index is 0.0984. The van der Waals surface area contributed by atoms with Crippen LogP contribution in [0, 0.1) is 6.92 Å². The zero-order valence-corrected chi connectivity index (χ0v) is 15.8. The van der Waals surface area contributed by atoms with E-state index >= 15 is 0 Å². The zero-order valence-electron chi connectivity index (χ0n) is 14.2. The lowest BCUT2D eigenvalue weighted by Gasteiger charge is -2.21. The summed E-state index contributed by atoms with van der Waals surface area (Å²) in [5, 5.41) is 0.971. The number of carbonyl (C=O) groups is 1. The van der Waals surface area contributed by atoms with Crippen molar-refractivity contribution >= 4 is 32.7 Å². The van der Waals surface area contributed by atoms with Gasteiger partial charge in [-0.3, -0.25) is 9.59 Å². The fourth-order valence-electron chi connectivity index (χ4n) is 2.83. The van der Waals surface area contributed by atoms with Crippen LogP contribution < -0.4 is 5.56 Å². The highest BCUT2D eigenvalue weighted by atomic mass is 79.9. The summed E-state index contributed by atoms with van der Waals surface area (Å²) in [6.07, 6.45) is 0. The minimum Gasteiger partial charge on any atom is -0.334 e. The Labute approximate surface area is 154 Å². The van der Waals surface area contributed by atoms with Gasteiger partial charge in [0.15, 0.2) is 0 Å². The second-order valence-electron chi connectivity index (χ2n) is 6.01. The molecule has 1 heterocycles. The number of pyridine rings is 1. The lowest BCUT2D eigenvalue weighted by Crippen LogP contribution is -2.32. The van der Waals surface area contributed by atoms with Gasteiger partial charge in [0.1, 0.15) is 0 Å². The molecule has 4 nitrogen and oxygen atoms in total. The molecule has 1 N–H and O–H groups in total. The lowest BCUT2D eigenvalue weighted by molar-refractivity contribution is 0.0751. The summed E-state index contributed by atoms with van der Waals surface area (Å²) in [5.74, 6) is -0.0984. The van der Waals surface area contributed by atoms with E-state index in [9.17, 15) is 9.59 Å². The molecule has 0 saturated carbocycles. The molecule has 0 saturated heterocycles. The van der Waals surface area contributed by atoms with Gasteiger partial charge in [-0.15, -0.1) is 0 Å². The lowest BCUT2D eigenvalue weighted by atomic mass is 10.1. The molecule has 3 aromatic rings. The van der Waals surface area contributed by atoms with E-state index in [1.807, 2.05) is 56.3 Å². The van der Waals surface area contributed by atoms with E-state index in [2.05, 4.69) is 20.9 Å². The summed E-state index contributed by atoms with van der Waals surface area (Å²) < 4.78 is 0.751. The maximum absolute atomic E-state index is 12.8. The molecule has 128 valence electrons. The van der Waals surface area contributed by atoms with Crippen molar-refractivity contribution in [2.24, 2.45) is 0 Å². The van der Waals surface area contributed by atoms with Crippen LogP contribution in [0.25, 0.3) is 10.9 Å².